The van der Waals surface area contributed by atoms with E-state index in [0.717, 1.165) is 52.2 Å². The van der Waals surface area contributed by atoms with Crippen molar-refractivity contribution in [2.45, 2.75) is 19.4 Å². The van der Waals surface area contributed by atoms with Crippen LogP contribution in [0.25, 0.3) is 0 Å². The normalized spacial score (nSPS) is 20.3. The van der Waals surface area contributed by atoms with Gasteiger partial charge in [-0.2, -0.15) is 0 Å². The predicted molar refractivity (Wildman–Crippen MR) is 109 cm³/mol. The Labute approximate surface area is 167 Å². The van der Waals surface area contributed by atoms with Crippen LogP contribution in [0.4, 0.5) is 10.1 Å². The molecule has 8 heteroatoms. The minimum atomic E-state index is -0.302. The van der Waals surface area contributed by atoms with E-state index < -0.39 is 0 Å². The third-order valence-electron chi connectivity index (χ3n) is 5.26. The zero-order valence-electron chi connectivity index (χ0n) is 15.4. The van der Waals surface area contributed by atoms with E-state index in [0.29, 0.717) is 11.3 Å². The molecule has 1 aromatic rings. The molecule has 0 radical (unpaired) electrons. The van der Waals surface area contributed by atoms with Gasteiger partial charge in [0.25, 0.3) is 5.91 Å². The first-order valence-corrected chi connectivity index (χ1v) is 8.85. The first-order valence-electron chi connectivity index (χ1n) is 8.85. The molecule has 2 fully saturated rings. The Morgan fingerprint density at radius 1 is 1.27 bits per heavy atom. The van der Waals surface area contributed by atoms with E-state index in [4.69, 9.17) is 0 Å². The summed E-state index contributed by atoms with van der Waals surface area (Å²) in [6.07, 6.45) is 0.949. The van der Waals surface area contributed by atoms with Crippen LogP contribution in [0.1, 0.15) is 23.7 Å². The Morgan fingerprint density at radius 2 is 1.96 bits per heavy atom. The number of rotatable bonds is 4. The van der Waals surface area contributed by atoms with Gasteiger partial charge in [0.2, 0.25) is 0 Å². The molecule has 1 atom stereocenters. The minimum absolute atomic E-state index is 0. The van der Waals surface area contributed by atoms with Crippen LogP contribution in [0, 0.1) is 5.82 Å². The van der Waals surface area contributed by atoms with Gasteiger partial charge in [-0.3, -0.25) is 4.79 Å². The summed E-state index contributed by atoms with van der Waals surface area (Å²) in [6, 6.07) is 5.10. The second kappa shape index (κ2) is 10.3. The molecule has 5 nitrogen and oxygen atoms in total. The van der Waals surface area contributed by atoms with Crippen molar-refractivity contribution in [1.29, 1.82) is 0 Å². The van der Waals surface area contributed by atoms with Crippen molar-refractivity contribution in [3.63, 3.8) is 0 Å². The number of anilines is 1. The Morgan fingerprint density at radius 3 is 2.50 bits per heavy atom. The van der Waals surface area contributed by atoms with Crippen molar-refractivity contribution < 1.29 is 9.18 Å². The average molecular weight is 407 g/mol. The first kappa shape index (κ1) is 23.0. The molecule has 0 aromatic heterocycles. The fourth-order valence-corrected chi connectivity index (χ4v) is 3.54. The first-order chi connectivity index (χ1) is 11.6. The van der Waals surface area contributed by atoms with E-state index in [2.05, 4.69) is 22.0 Å². The van der Waals surface area contributed by atoms with Gasteiger partial charge in [-0.15, -0.1) is 24.8 Å². The van der Waals surface area contributed by atoms with Crippen LogP contribution in [0.2, 0.25) is 0 Å². The van der Waals surface area contributed by atoms with Crippen LogP contribution in [-0.2, 0) is 0 Å². The average Bonchev–Trinajstić information content (AvgIpc) is 3.15. The molecule has 1 amide bonds. The number of nitrogens with zero attached hydrogens (tertiary/aromatic N) is 3. The van der Waals surface area contributed by atoms with Crippen molar-refractivity contribution in [2.24, 2.45) is 0 Å². The van der Waals surface area contributed by atoms with Crippen LogP contribution >= 0.6 is 24.8 Å². The van der Waals surface area contributed by atoms with Crippen LogP contribution in [0.5, 0.6) is 0 Å². The summed E-state index contributed by atoms with van der Waals surface area (Å²) >= 11 is 0. The molecule has 26 heavy (non-hydrogen) atoms. The second-order valence-electron chi connectivity index (χ2n) is 6.65. The number of benzene rings is 1. The molecule has 0 bridgehead atoms. The van der Waals surface area contributed by atoms with E-state index in [9.17, 15) is 9.18 Å². The van der Waals surface area contributed by atoms with Crippen molar-refractivity contribution >= 4 is 36.4 Å². The minimum Gasteiger partial charge on any atom is -0.367 e. The molecule has 3 rings (SSSR count). The Balaban J connectivity index is 0.00000169. The summed E-state index contributed by atoms with van der Waals surface area (Å²) in [6.45, 7) is 8.47. The van der Waals surface area contributed by atoms with Gasteiger partial charge >= 0.3 is 0 Å². The highest BCUT2D eigenvalue weighted by molar-refractivity contribution is 5.94. The zero-order valence-corrected chi connectivity index (χ0v) is 17.0. The van der Waals surface area contributed by atoms with E-state index in [-0.39, 0.29) is 42.6 Å². The maximum Gasteiger partial charge on any atom is 0.253 e. The number of carbonyl (C=O) groups excluding carboxylic acids is 1. The molecule has 0 aliphatic carbocycles. The molecule has 2 heterocycles. The van der Waals surface area contributed by atoms with Gasteiger partial charge in [0.05, 0.1) is 5.69 Å². The van der Waals surface area contributed by atoms with Gasteiger partial charge in [0, 0.05) is 51.4 Å². The fraction of sp³-hybridized carbons (Fsp3) is 0.611. The molecule has 0 saturated carbocycles. The number of amides is 1. The van der Waals surface area contributed by atoms with Crippen molar-refractivity contribution in [2.75, 3.05) is 57.8 Å². The largest absolute Gasteiger partial charge is 0.367 e. The van der Waals surface area contributed by atoms with Gasteiger partial charge in [-0.05, 0) is 37.7 Å². The molecule has 1 aromatic carbocycles. The lowest BCUT2D eigenvalue weighted by atomic mass is 10.1. The van der Waals surface area contributed by atoms with E-state index in [1.807, 2.05) is 0 Å². The molecule has 1 unspecified atom stereocenters. The van der Waals surface area contributed by atoms with Crippen LogP contribution in [-0.4, -0.2) is 74.6 Å². The highest BCUT2D eigenvalue weighted by Gasteiger charge is 2.25. The smallest absolute Gasteiger partial charge is 0.253 e. The topological polar surface area (TPSA) is 38.8 Å². The number of hydrogen-bond donors (Lipinski definition) is 1. The van der Waals surface area contributed by atoms with Gasteiger partial charge in [-0.25, -0.2) is 4.39 Å². The predicted octanol–water partition coefficient (Wildman–Crippen LogP) is 2.25. The van der Waals surface area contributed by atoms with Crippen molar-refractivity contribution in [3.05, 3.63) is 29.6 Å². The highest BCUT2D eigenvalue weighted by atomic mass is 35.5. The number of piperazine rings is 1. The molecule has 148 valence electrons. The number of halogens is 3. The standard InChI is InChI=1S/C18H27FN4O.2ClH/c1-3-22-8-10-23(11-9-22)17-5-4-14(12-16(17)19)18(24)21(2)15-6-7-20-13-15;;/h4-5,12,15,20H,3,6-11,13H2,1-2H3;2*1H. The summed E-state index contributed by atoms with van der Waals surface area (Å²) in [5, 5.41) is 3.25. The number of carbonyl (C=O) groups is 1. The lowest BCUT2D eigenvalue weighted by Gasteiger charge is -2.35. The Hall–Kier alpha value is -1.08. The SMILES string of the molecule is CCN1CCN(c2ccc(C(=O)N(C)C3CCNC3)cc2F)CC1.Cl.Cl. The Kier molecular flexibility index (Phi) is 9.10. The fourth-order valence-electron chi connectivity index (χ4n) is 3.54. The van der Waals surface area contributed by atoms with E-state index >= 15 is 0 Å². The molecule has 2 saturated heterocycles. The molecule has 1 N–H and O–H groups in total. The van der Waals surface area contributed by atoms with Crippen molar-refractivity contribution in [3.8, 4) is 0 Å². The summed E-state index contributed by atoms with van der Waals surface area (Å²) < 4.78 is 14.6. The third kappa shape index (κ3) is 5.00. The molecular formula is C18H29Cl2FN4O. The van der Waals surface area contributed by atoms with Crippen molar-refractivity contribution in [1.82, 2.24) is 15.1 Å². The second-order valence-corrected chi connectivity index (χ2v) is 6.65. The van der Waals surface area contributed by atoms with Gasteiger partial charge < -0.3 is 20.0 Å². The summed E-state index contributed by atoms with van der Waals surface area (Å²) in [5.74, 6) is -0.409. The number of nitrogens with one attached hydrogen (secondary N) is 1. The third-order valence-corrected chi connectivity index (χ3v) is 5.26. The molecule has 0 spiro atoms. The van der Waals surface area contributed by atoms with E-state index in [1.54, 1.807) is 24.1 Å². The quantitative estimate of drug-likeness (QED) is 0.831. The van der Waals surface area contributed by atoms with Gasteiger partial charge in [0.15, 0.2) is 0 Å². The van der Waals surface area contributed by atoms with Crippen LogP contribution in [0.15, 0.2) is 18.2 Å². The zero-order chi connectivity index (χ0) is 17.1. The monoisotopic (exact) mass is 406 g/mol. The van der Waals surface area contributed by atoms with Crippen LogP contribution in [0.3, 0.4) is 0 Å². The molecule has 2 aliphatic heterocycles. The lowest BCUT2D eigenvalue weighted by Crippen LogP contribution is -2.46. The van der Waals surface area contributed by atoms with Gasteiger partial charge in [-0.1, -0.05) is 6.92 Å². The molecular weight excluding hydrogens is 378 g/mol. The Bertz CT molecular complexity index is 591. The van der Waals surface area contributed by atoms with E-state index in [1.165, 1.54) is 6.07 Å². The summed E-state index contributed by atoms with van der Waals surface area (Å²) in [4.78, 5) is 18.7. The maximum absolute atomic E-state index is 14.6. The summed E-state index contributed by atoms with van der Waals surface area (Å²) in [5.41, 5.74) is 1.03. The number of hydrogen-bond acceptors (Lipinski definition) is 4. The number of likely N-dealkylation sites (N-methyl/N-ethyl adjacent to an activating group) is 2. The van der Waals surface area contributed by atoms with Crippen LogP contribution < -0.4 is 10.2 Å². The molecule has 2 aliphatic rings. The maximum atomic E-state index is 14.6. The summed E-state index contributed by atoms with van der Waals surface area (Å²) in [7, 11) is 1.80. The van der Waals surface area contributed by atoms with Gasteiger partial charge in [0.1, 0.15) is 5.82 Å². The lowest BCUT2D eigenvalue weighted by molar-refractivity contribution is 0.0743. The highest BCUT2D eigenvalue weighted by Crippen LogP contribution is 2.23.